The number of rotatable bonds is 2. The molecule has 0 fully saturated rings. The minimum absolute atomic E-state index is 0.0830. The van der Waals surface area contributed by atoms with Crippen molar-refractivity contribution in [1.82, 2.24) is 15.0 Å². The number of carbonyl (C=O) groups excluding carboxylic acids is 1. The van der Waals surface area contributed by atoms with E-state index in [0.717, 1.165) is 38.3 Å². The van der Waals surface area contributed by atoms with Crippen LogP contribution in [0.3, 0.4) is 0 Å². The maximum absolute atomic E-state index is 14.0. The molecule has 0 saturated carbocycles. The number of anilines is 2. The van der Waals surface area contributed by atoms with Gasteiger partial charge in [0.05, 0.1) is 32.7 Å². The van der Waals surface area contributed by atoms with E-state index in [1.807, 2.05) is 79.2 Å². The maximum Gasteiger partial charge on any atom is 0.260 e. The fourth-order valence-corrected chi connectivity index (χ4v) is 4.81. The highest BCUT2D eigenvalue weighted by atomic mass is 32.1. The molecule has 6 nitrogen and oxygen atoms in total. The van der Waals surface area contributed by atoms with E-state index in [2.05, 4.69) is 4.90 Å². The monoisotopic (exact) mass is 437 g/mol. The molecule has 0 bridgehead atoms. The number of hydrogen-bond donors (Lipinski definition) is 0. The summed E-state index contributed by atoms with van der Waals surface area (Å²) in [4.78, 5) is 33.3. The van der Waals surface area contributed by atoms with Crippen LogP contribution in [-0.2, 0) is 0 Å². The Labute approximate surface area is 188 Å². The molecule has 0 saturated heterocycles. The summed E-state index contributed by atoms with van der Waals surface area (Å²) >= 11 is 1.61. The number of carbonyl (C=O) groups is 1. The van der Waals surface area contributed by atoms with Gasteiger partial charge in [-0.3, -0.25) is 9.69 Å². The quantitative estimate of drug-likeness (QED) is 0.389. The summed E-state index contributed by atoms with van der Waals surface area (Å²) in [5, 5.41) is 2.86. The van der Waals surface area contributed by atoms with E-state index in [-0.39, 0.29) is 5.91 Å². The van der Waals surface area contributed by atoms with Gasteiger partial charge in [0.2, 0.25) is 0 Å². The molecule has 3 aromatic heterocycles. The summed E-state index contributed by atoms with van der Waals surface area (Å²) < 4.78 is 0. The number of aromatic nitrogens is 3. The van der Waals surface area contributed by atoms with Crippen molar-refractivity contribution in [3.8, 4) is 10.6 Å². The van der Waals surface area contributed by atoms with Gasteiger partial charge in [-0.05, 0) is 35.7 Å². The normalized spacial score (nSPS) is 13.5. The number of fused-ring (bicyclic) bond motifs is 3. The molecule has 7 heteroatoms. The number of thiophene rings is 1. The Morgan fingerprint density at radius 2 is 1.56 bits per heavy atom. The molecule has 32 heavy (non-hydrogen) atoms. The van der Waals surface area contributed by atoms with Gasteiger partial charge in [-0.25, -0.2) is 15.0 Å². The van der Waals surface area contributed by atoms with Crippen molar-refractivity contribution < 1.29 is 4.79 Å². The zero-order chi connectivity index (χ0) is 21.7. The first kappa shape index (κ1) is 18.9. The molecule has 5 aromatic rings. The van der Waals surface area contributed by atoms with Gasteiger partial charge in [0.1, 0.15) is 0 Å². The standard InChI is InChI=1S/C25H19N5OS/c1-29-12-13-30(24-23(29)27-19-9-4-5-10-20(19)28-24)25(31)17-15-21(22-11-6-14-32-22)26-18-8-3-2-7-16(17)18/h2-11,14-15H,12-13H2,1H3. The Morgan fingerprint density at radius 3 is 2.31 bits per heavy atom. The lowest BCUT2D eigenvalue weighted by atomic mass is 10.1. The summed E-state index contributed by atoms with van der Waals surface area (Å²) in [6.45, 7) is 1.23. The average molecular weight is 438 g/mol. The number of hydrogen-bond acceptors (Lipinski definition) is 6. The Balaban J connectivity index is 1.53. The van der Waals surface area contributed by atoms with Crippen molar-refractivity contribution >= 4 is 50.8 Å². The van der Waals surface area contributed by atoms with Gasteiger partial charge in [-0.2, -0.15) is 0 Å². The van der Waals surface area contributed by atoms with Gasteiger partial charge in [-0.15, -0.1) is 11.3 Å². The van der Waals surface area contributed by atoms with E-state index in [9.17, 15) is 4.79 Å². The van der Waals surface area contributed by atoms with Crippen molar-refractivity contribution in [2.45, 2.75) is 0 Å². The molecule has 0 spiro atoms. The van der Waals surface area contributed by atoms with Crippen LogP contribution in [0.4, 0.5) is 11.6 Å². The number of amides is 1. The SMILES string of the molecule is CN1CCN(C(=O)c2cc(-c3cccs3)nc3ccccc23)c2nc3ccccc3nc21. The summed E-state index contributed by atoms with van der Waals surface area (Å²) in [7, 11) is 1.99. The third kappa shape index (κ3) is 3.01. The van der Waals surface area contributed by atoms with Crippen LogP contribution in [0.15, 0.2) is 72.1 Å². The van der Waals surface area contributed by atoms with Gasteiger partial charge < -0.3 is 4.90 Å². The van der Waals surface area contributed by atoms with Crippen LogP contribution in [0.1, 0.15) is 10.4 Å². The molecule has 0 aliphatic carbocycles. The fourth-order valence-electron chi connectivity index (χ4n) is 4.13. The molecule has 2 aromatic carbocycles. The van der Waals surface area contributed by atoms with Gasteiger partial charge in [0, 0.05) is 25.5 Å². The van der Waals surface area contributed by atoms with Crippen LogP contribution < -0.4 is 9.80 Å². The van der Waals surface area contributed by atoms with Crippen molar-refractivity contribution in [2.75, 3.05) is 29.9 Å². The average Bonchev–Trinajstić information content (AvgIpc) is 3.37. The number of para-hydroxylation sites is 3. The number of pyridine rings is 1. The molecular weight excluding hydrogens is 418 g/mol. The molecule has 0 N–H and O–H groups in total. The second-order valence-electron chi connectivity index (χ2n) is 7.79. The Morgan fingerprint density at radius 1 is 0.844 bits per heavy atom. The lowest BCUT2D eigenvalue weighted by molar-refractivity contribution is 0.0987. The molecule has 156 valence electrons. The van der Waals surface area contributed by atoms with E-state index in [1.165, 1.54) is 0 Å². The molecule has 1 amide bonds. The highest BCUT2D eigenvalue weighted by molar-refractivity contribution is 7.13. The second kappa shape index (κ2) is 7.39. The summed E-state index contributed by atoms with van der Waals surface area (Å²) in [6.07, 6.45) is 0. The smallest absolute Gasteiger partial charge is 0.260 e. The van der Waals surface area contributed by atoms with Crippen molar-refractivity contribution in [2.24, 2.45) is 0 Å². The molecular formula is C25H19N5OS. The molecule has 6 rings (SSSR count). The van der Waals surface area contributed by atoms with Crippen LogP contribution in [0.5, 0.6) is 0 Å². The topological polar surface area (TPSA) is 62.2 Å². The second-order valence-corrected chi connectivity index (χ2v) is 8.74. The van der Waals surface area contributed by atoms with E-state index in [4.69, 9.17) is 15.0 Å². The first-order valence-corrected chi connectivity index (χ1v) is 11.3. The molecule has 0 radical (unpaired) electrons. The number of nitrogens with zero attached hydrogens (tertiary/aromatic N) is 5. The zero-order valence-electron chi connectivity index (χ0n) is 17.4. The van der Waals surface area contributed by atoms with Crippen LogP contribution in [0.2, 0.25) is 0 Å². The third-order valence-corrected chi connectivity index (χ3v) is 6.67. The van der Waals surface area contributed by atoms with Crippen LogP contribution >= 0.6 is 11.3 Å². The summed E-state index contributed by atoms with van der Waals surface area (Å²) in [5.74, 6) is 1.24. The van der Waals surface area contributed by atoms with E-state index >= 15 is 0 Å². The van der Waals surface area contributed by atoms with Gasteiger partial charge >= 0.3 is 0 Å². The molecule has 1 aliphatic rings. The maximum atomic E-state index is 14.0. The number of benzene rings is 2. The third-order valence-electron chi connectivity index (χ3n) is 5.78. The molecule has 0 atom stereocenters. The van der Waals surface area contributed by atoms with E-state index < -0.39 is 0 Å². The molecule has 1 aliphatic heterocycles. The summed E-state index contributed by atoms with van der Waals surface area (Å²) in [5.41, 5.74) is 3.84. The number of likely N-dealkylation sites (N-methyl/N-ethyl adjacent to an activating group) is 1. The minimum Gasteiger partial charge on any atom is -0.355 e. The Hall–Kier alpha value is -3.84. The predicted octanol–water partition coefficient (Wildman–Crippen LogP) is 5.00. The Kier molecular flexibility index (Phi) is 4.36. The lowest BCUT2D eigenvalue weighted by Crippen LogP contribution is -2.43. The van der Waals surface area contributed by atoms with Gasteiger partial charge in [0.15, 0.2) is 11.6 Å². The predicted molar refractivity (Wildman–Crippen MR) is 130 cm³/mol. The Bertz CT molecular complexity index is 1480. The van der Waals surface area contributed by atoms with Gasteiger partial charge in [-0.1, -0.05) is 36.4 Å². The van der Waals surface area contributed by atoms with E-state index in [0.29, 0.717) is 24.5 Å². The van der Waals surface area contributed by atoms with Crippen LogP contribution in [-0.4, -0.2) is 41.0 Å². The summed E-state index contributed by atoms with van der Waals surface area (Å²) in [6, 6.07) is 21.5. The molecule has 0 unspecified atom stereocenters. The lowest BCUT2D eigenvalue weighted by Gasteiger charge is -2.34. The first-order valence-electron chi connectivity index (χ1n) is 10.4. The van der Waals surface area contributed by atoms with E-state index in [1.54, 1.807) is 16.2 Å². The zero-order valence-corrected chi connectivity index (χ0v) is 18.2. The highest BCUT2D eigenvalue weighted by Gasteiger charge is 2.30. The van der Waals surface area contributed by atoms with Crippen molar-refractivity contribution in [1.29, 1.82) is 0 Å². The fraction of sp³-hybridized carbons (Fsp3) is 0.120. The first-order chi connectivity index (χ1) is 15.7. The highest BCUT2D eigenvalue weighted by Crippen LogP contribution is 2.34. The van der Waals surface area contributed by atoms with Crippen molar-refractivity contribution in [3.63, 3.8) is 0 Å². The van der Waals surface area contributed by atoms with Crippen molar-refractivity contribution in [3.05, 3.63) is 77.7 Å². The van der Waals surface area contributed by atoms with Gasteiger partial charge in [0.25, 0.3) is 5.91 Å². The largest absolute Gasteiger partial charge is 0.355 e. The van der Waals surface area contributed by atoms with Crippen LogP contribution in [0, 0.1) is 0 Å². The van der Waals surface area contributed by atoms with Crippen LogP contribution in [0.25, 0.3) is 32.5 Å². The molecule has 4 heterocycles. The minimum atomic E-state index is -0.0830.